The van der Waals surface area contributed by atoms with Crippen molar-refractivity contribution in [1.82, 2.24) is 0 Å². The van der Waals surface area contributed by atoms with E-state index in [4.69, 9.17) is 9.47 Å². The highest BCUT2D eigenvalue weighted by atomic mass is 16.5. The van der Waals surface area contributed by atoms with Crippen LogP contribution in [0.5, 0.6) is 5.75 Å². The van der Waals surface area contributed by atoms with Gasteiger partial charge < -0.3 is 20.1 Å². The number of anilines is 2. The SMILES string of the molecule is COCNc1ccc2c(c1)NC(=O)CO2. The number of benzene rings is 1. The summed E-state index contributed by atoms with van der Waals surface area (Å²) in [5.74, 6) is 0.559. The zero-order valence-corrected chi connectivity index (χ0v) is 8.37. The van der Waals surface area contributed by atoms with Crippen LogP contribution in [0.25, 0.3) is 0 Å². The van der Waals surface area contributed by atoms with Gasteiger partial charge in [0.25, 0.3) is 5.91 Å². The standard InChI is InChI=1S/C10H12N2O3/c1-14-6-11-7-2-3-9-8(4-7)12-10(13)5-15-9/h2-4,11H,5-6H2,1H3,(H,12,13). The topological polar surface area (TPSA) is 59.6 Å². The maximum Gasteiger partial charge on any atom is 0.262 e. The predicted octanol–water partition coefficient (Wildman–Crippen LogP) is 1.03. The van der Waals surface area contributed by atoms with Gasteiger partial charge in [-0.1, -0.05) is 0 Å². The molecule has 1 aliphatic rings. The van der Waals surface area contributed by atoms with Crippen molar-refractivity contribution in [3.63, 3.8) is 0 Å². The number of carbonyl (C=O) groups is 1. The molecule has 0 atom stereocenters. The van der Waals surface area contributed by atoms with Crippen LogP contribution in [0.3, 0.4) is 0 Å². The van der Waals surface area contributed by atoms with Crippen molar-refractivity contribution in [2.24, 2.45) is 0 Å². The van der Waals surface area contributed by atoms with Gasteiger partial charge in [0.15, 0.2) is 6.61 Å². The minimum atomic E-state index is -0.133. The van der Waals surface area contributed by atoms with Gasteiger partial charge in [-0.05, 0) is 18.2 Å². The molecule has 5 nitrogen and oxygen atoms in total. The van der Waals surface area contributed by atoms with E-state index >= 15 is 0 Å². The quantitative estimate of drug-likeness (QED) is 0.728. The molecule has 1 heterocycles. The Balaban J connectivity index is 2.17. The number of hydrogen-bond acceptors (Lipinski definition) is 4. The fourth-order valence-electron chi connectivity index (χ4n) is 1.35. The van der Waals surface area contributed by atoms with Crippen molar-refractivity contribution in [3.8, 4) is 5.75 Å². The fraction of sp³-hybridized carbons (Fsp3) is 0.300. The van der Waals surface area contributed by atoms with Crippen molar-refractivity contribution in [2.45, 2.75) is 0 Å². The lowest BCUT2D eigenvalue weighted by Crippen LogP contribution is -2.25. The number of methoxy groups -OCH3 is 1. The van der Waals surface area contributed by atoms with E-state index in [2.05, 4.69) is 10.6 Å². The minimum absolute atomic E-state index is 0.0812. The number of carbonyl (C=O) groups excluding carboxylic acids is 1. The molecule has 2 rings (SSSR count). The van der Waals surface area contributed by atoms with Gasteiger partial charge >= 0.3 is 0 Å². The lowest BCUT2D eigenvalue weighted by atomic mass is 10.2. The molecule has 15 heavy (non-hydrogen) atoms. The van der Waals surface area contributed by atoms with Gasteiger partial charge in [-0.2, -0.15) is 0 Å². The first-order chi connectivity index (χ1) is 7.29. The molecule has 0 unspecified atom stereocenters. The molecule has 2 N–H and O–H groups in total. The molecule has 1 aromatic rings. The predicted molar refractivity (Wildman–Crippen MR) is 56.1 cm³/mol. The van der Waals surface area contributed by atoms with E-state index in [-0.39, 0.29) is 12.5 Å². The van der Waals surface area contributed by atoms with Crippen molar-refractivity contribution < 1.29 is 14.3 Å². The Hall–Kier alpha value is -1.75. The Kier molecular flexibility index (Phi) is 2.73. The van der Waals surface area contributed by atoms with Crippen LogP contribution < -0.4 is 15.4 Å². The lowest BCUT2D eigenvalue weighted by molar-refractivity contribution is -0.118. The molecular formula is C10H12N2O3. The molecule has 1 aliphatic heterocycles. The van der Waals surface area contributed by atoms with Gasteiger partial charge in [0.1, 0.15) is 12.5 Å². The van der Waals surface area contributed by atoms with E-state index in [1.54, 1.807) is 7.11 Å². The number of rotatable bonds is 3. The molecule has 0 fully saturated rings. The molecule has 1 amide bonds. The van der Waals surface area contributed by atoms with Gasteiger partial charge in [0, 0.05) is 12.8 Å². The summed E-state index contributed by atoms with van der Waals surface area (Å²) in [6, 6.07) is 5.49. The van der Waals surface area contributed by atoms with Crippen LogP contribution in [0.2, 0.25) is 0 Å². The summed E-state index contributed by atoms with van der Waals surface area (Å²) < 4.78 is 10.1. The summed E-state index contributed by atoms with van der Waals surface area (Å²) in [6.07, 6.45) is 0. The van der Waals surface area contributed by atoms with Crippen molar-refractivity contribution in [2.75, 3.05) is 31.1 Å². The highest BCUT2D eigenvalue weighted by molar-refractivity contribution is 5.95. The summed E-state index contributed by atoms with van der Waals surface area (Å²) in [5, 5.41) is 5.76. The molecule has 0 saturated carbocycles. The van der Waals surface area contributed by atoms with Crippen molar-refractivity contribution in [3.05, 3.63) is 18.2 Å². The van der Waals surface area contributed by atoms with Crippen LogP contribution >= 0.6 is 0 Å². The molecule has 0 aromatic heterocycles. The van der Waals surface area contributed by atoms with Crippen LogP contribution in [0.4, 0.5) is 11.4 Å². The minimum Gasteiger partial charge on any atom is -0.482 e. The highest BCUT2D eigenvalue weighted by Crippen LogP contribution is 2.30. The first kappa shape index (κ1) is 9.79. The molecule has 0 aliphatic carbocycles. The van der Waals surface area contributed by atoms with Gasteiger partial charge in [-0.15, -0.1) is 0 Å². The number of hydrogen-bond donors (Lipinski definition) is 2. The number of fused-ring (bicyclic) bond motifs is 1. The fourth-order valence-corrected chi connectivity index (χ4v) is 1.35. The Morgan fingerprint density at radius 2 is 2.47 bits per heavy atom. The summed E-state index contributed by atoms with van der Waals surface area (Å²) in [6.45, 7) is 0.505. The maximum atomic E-state index is 11.1. The highest BCUT2D eigenvalue weighted by Gasteiger charge is 2.15. The third-order valence-corrected chi connectivity index (χ3v) is 2.03. The van der Waals surface area contributed by atoms with E-state index < -0.39 is 0 Å². The molecule has 0 spiro atoms. The Bertz CT molecular complexity index is 379. The largest absolute Gasteiger partial charge is 0.482 e. The monoisotopic (exact) mass is 208 g/mol. The van der Waals surface area contributed by atoms with E-state index in [1.165, 1.54) is 0 Å². The average Bonchev–Trinajstić information content (AvgIpc) is 2.25. The number of amides is 1. The Morgan fingerprint density at radius 3 is 3.27 bits per heavy atom. The third-order valence-electron chi connectivity index (χ3n) is 2.03. The van der Waals surface area contributed by atoms with Gasteiger partial charge in [-0.3, -0.25) is 4.79 Å². The zero-order chi connectivity index (χ0) is 10.7. The Morgan fingerprint density at radius 1 is 1.60 bits per heavy atom. The summed E-state index contributed by atoms with van der Waals surface area (Å²) in [7, 11) is 1.61. The average molecular weight is 208 g/mol. The van der Waals surface area contributed by atoms with Crippen LogP contribution in [-0.4, -0.2) is 26.4 Å². The molecule has 0 saturated heterocycles. The van der Waals surface area contributed by atoms with E-state index in [0.717, 1.165) is 5.69 Å². The summed E-state index contributed by atoms with van der Waals surface area (Å²) in [4.78, 5) is 11.1. The first-order valence-electron chi connectivity index (χ1n) is 4.59. The van der Waals surface area contributed by atoms with E-state index in [1.807, 2.05) is 18.2 Å². The van der Waals surface area contributed by atoms with Crippen LogP contribution in [0, 0.1) is 0 Å². The molecule has 1 aromatic carbocycles. The second-order valence-electron chi connectivity index (χ2n) is 3.16. The summed E-state index contributed by atoms with van der Waals surface area (Å²) >= 11 is 0. The number of nitrogens with one attached hydrogen (secondary N) is 2. The lowest BCUT2D eigenvalue weighted by Gasteiger charge is -2.18. The maximum absolute atomic E-state index is 11.1. The van der Waals surface area contributed by atoms with Crippen molar-refractivity contribution >= 4 is 17.3 Å². The third kappa shape index (κ3) is 2.19. The first-order valence-corrected chi connectivity index (χ1v) is 4.59. The molecule has 5 heteroatoms. The van der Waals surface area contributed by atoms with Crippen LogP contribution in [0.15, 0.2) is 18.2 Å². The zero-order valence-electron chi connectivity index (χ0n) is 8.37. The molecular weight excluding hydrogens is 196 g/mol. The van der Waals surface area contributed by atoms with E-state index in [9.17, 15) is 4.79 Å². The van der Waals surface area contributed by atoms with Crippen LogP contribution in [-0.2, 0) is 9.53 Å². The second kappa shape index (κ2) is 4.18. The van der Waals surface area contributed by atoms with Gasteiger partial charge in [-0.25, -0.2) is 0 Å². The molecule has 0 bridgehead atoms. The van der Waals surface area contributed by atoms with Gasteiger partial charge in [0.05, 0.1) is 5.69 Å². The Labute approximate surface area is 87.4 Å². The van der Waals surface area contributed by atoms with Gasteiger partial charge in [0.2, 0.25) is 0 Å². The smallest absolute Gasteiger partial charge is 0.262 e. The number of ether oxygens (including phenoxy) is 2. The molecule has 80 valence electrons. The summed E-state index contributed by atoms with van der Waals surface area (Å²) in [5.41, 5.74) is 1.56. The molecule has 0 radical (unpaired) electrons. The normalized spacial score (nSPS) is 13.8. The van der Waals surface area contributed by atoms with Crippen molar-refractivity contribution in [1.29, 1.82) is 0 Å². The second-order valence-corrected chi connectivity index (χ2v) is 3.16. The van der Waals surface area contributed by atoms with Crippen LogP contribution in [0.1, 0.15) is 0 Å². The van der Waals surface area contributed by atoms with E-state index in [0.29, 0.717) is 18.2 Å².